The quantitative estimate of drug-likeness (QED) is 0.715. The SMILES string of the molecule is CCOC(=O)[C@H]1CCCN(C(=O)c2cc(-c3cccc(OC)c3)nn2CC)C1. The van der Waals surface area contributed by atoms with Crippen molar-refractivity contribution in [3.05, 3.63) is 36.0 Å². The van der Waals surface area contributed by atoms with Gasteiger partial charge in [0.15, 0.2) is 0 Å². The third-order valence-electron chi connectivity index (χ3n) is 4.99. The summed E-state index contributed by atoms with van der Waals surface area (Å²) >= 11 is 0. The molecule has 3 rings (SSSR count). The standard InChI is InChI=1S/C21H27N3O4/c1-4-24-19(13-18(22-24)15-8-6-10-17(12-15)27-3)20(25)23-11-7-9-16(14-23)21(26)28-5-2/h6,8,10,12-13,16H,4-5,7,9,11,14H2,1-3H3/t16-/m0/s1. The molecular formula is C21H27N3O4. The van der Waals surface area contributed by atoms with Crippen LogP contribution in [-0.4, -0.2) is 53.4 Å². The van der Waals surface area contributed by atoms with Crippen LogP contribution >= 0.6 is 0 Å². The van der Waals surface area contributed by atoms with Crippen molar-refractivity contribution in [2.75, 3.05) is 26.8 Å². The van der Waals surface area contributed by atoms with Gasteiger partial charge in [-0.15, -0.1) is 0 Å². The van der Waals surface area contributed by atoms with E-state index in [2.05, 4.69) is 5.10 Å². The van der Waals surface area contributed by atoms with Crippen LogP contribution in [0.25, 0.3) is 11.3 Å². The number of amides is 1. The number of carbonyl (C=O) groups excluding carboxylic acids is 2. The monoisotopic (exact) mass is 385 g/mol. The number of aromatic nitrogens is 2. The van der Waals surface area contributed by atoms with E-state index in [1.807, 2.05) is 37.3 Å². The van der Waals surface area contributed by atoms with E-state index in [4.69, 9.17) is 9.47 Å². The summed E-state index contributed by atoms with van der Waals surface area (Å²) in [5, 5.41) is 4.60. The van der Waals surface area contributed by atoms with Crippen LogP contribution in [0.15, 0.2) is 30.3 Å². The molecule has 1 aromatic heterocycles. The number of ether oxygens (including phenoxy) is 2. The van der Waals surface area contributed by atoms with Crippen LogP contribution in [0.1, 0.15) is 37.2 Å². The highest BCUT2D eigenvalue weighted by Crippen LogP contribution is 2.25. The average Bonchev–Trinajstić information content (AvgIpc) is 3.18. The van der Waals surface area contributed by atoms with Gasteiger partial charge < -0.3 is 14.4 Å². The maximum Gasteiger partial charge on any atom is 0.310 e. The lowest BCUT2D eigenvalue weighted by molar-refractivity contribution is -0.149. The molecule has 0 radical (unpaired) electrons. The number of esters is 1. The van der Waals surface area contributed by atoms with Gasteiger partial charge in [-0.2, -0.15) is 5.10 Å². The highest BCUT2D eigenvalue weighted by atomic mass is 16.5. The molecule has 0 saturated carbocycles. The molecule has 7 heteroatoms. The topological polar surface area (TPSA) is 73.7 Å². The second-order valence-electron chi connectivity index (χ2n) is 6.80. The fourth-order valence-corrected chi connectivity index (χ4v) is 3.53. The molecule has 0 bridgehead atoms. The minimum absolute atomic E-state index is 0.0995. The normalized spacial score (nSPS) is 16.7. The van der Waals surface area contributed by atoms with Crippen molar-refractivity contribution < 1.29 is 19.1 Å². The Kier molecular flexibility index (Phi) is 6.34. The molecule has 2 heterocycles. The molecule has 1 atom stereocenters. The van der Waals surface area contributed by atoms with Crippen LogP contribution in [0.3, 0.4) is 0 Å². The molecule has 1 amide bonds. The number of aryl methyl sites for hydroxylation is 1. The van der Waals surface area contributed by atoms with Crippen LogP contribution in [0.2, 0.25) is 0 Å². The molecule has 0 N–H and O–H groups in total. The summed E-state index contributed by atoms with van der Waals surface area (Å²) < 4.78 is 12.1. The molecule has 2 aromatic rings. The number of methoxy groups -OCH3 is 1. The first-order valence-electron chi connectivity index (χ1n) is 9.75. The fourth-order valence-electron chi connectivity index (χ4n) is 3.53. The van der Waals surface area contributed by atoms with Gasteiger partial charge in [0, 0.05) is 25.2 Å². The Morgan fingerprint density at radius 2 is 2.07 bits per heavy atom. The number of benzene rings is 1. The van der Waals surface area contributed by atoms with Gasteiger partial charge >= 0.3 is 5.97 Å². The Morgan fingerprint density at radius 3 is 2.79 bits per heavy atom. The van der Waals surface area contributed by atoms with E-state index in [1.54, 1.807) is 23.6 Å². The van der Waals surface area contributed by atoms with E-state index in [1.165, 1.54) is 0 Å². The maximum atomic E-state index is 13.2. The van der Waals surface area contributed by atoms with Crippen molar-refractivity contribution in [2.45, 2.75) is 33.2 Å². The molecule has 1 aromatic carbocycles. The van der Waals surface area contributed by atoms with Gasteiger partial charge in [0.25, 0.3) is 5.91 Å². The van der Waals surface area contributed by atoms with Crippen LogP contribution < -0.4 is 4.74 Å². The summed E-state index contributed by atoms with van der Waals surface area (Å²) in [4.78, 5) is 27.0. The van der Waals surface area contributed by atoms with Gasteiger partial charge in [-0.25, -0.2) is 0 Å². The van der Waals surface area contributed by atoms with Crippen molar-refractivity contribution in [3.8, 4) is 17.0 Å². The van der Waals surface area contributed by atoms with E-state index in [0.717, 1.165) is 29.8 Å². The van der Waals surface area contributed by atoms with E-state index >= 15 is 0 Å². The van der Waals surface area contributed by atoms with E-state index in [9.17, 15) is 9.59 Å². The zero-order valence-corrected chi connectivity index (χ0v) is 16.7. The molecule has 28 heavy (non-hydrogen) atoms. The third-order valence-corrected chi connectivity index (χ3v) is 4.99. The first-order valence-corrected chi connectivity index (χ1v) is 9.75. The van der Waals surface area contributed by atoms with E-state index in [0.29, 0.717) is 31.9 Å². The third kappa shape index (κ3) is 4.18. The lowest BCUT2D eigenvalue weighted by Crippen LogP contribution is -2.43. The number of rotatable bonds is 6. The lowest BCUT2D eigenvalue weighted by atomic mass is 9.98. The Hall–Kier alpha value is -2.83. The van der Waals surface area contributed by atoms with E-state index < -0.39 is 0 Å². The van der Waals surface area contributed by atoms with Gasteiger partial charge in [-0.1, -0.05) is 12.1 Å². The second kappa shape index (κ2) is 8.91. The van der Waals surface area contributed by atoms with Gasteiger partial charge in [-0.3, -0.25) is 14.3 Å². The Bertz CT molecular complexity index is 846. The number of hydrogen-bond donors (Lipinski definition) is 0. The van der Waals surface area contributed by atoms with Gasteiger partial charge in [-0.05, 0) is 44.9 Å². The van der Waals surface area contributed by atoms with Crippen molar-refractivity contribution in [1.29, 1.82) is 0 Å². The first-order chi connectivity index (χ1) is 13.6. The molecule has 0 aliphatic carbocycles. The zero-order chi connectivity index (χ0) is 20.1. The molecule has 0 unspecified atom stereocenters. The summed E-state index contributed by atoms with van der Waals surface area (Å²) in [6.45, 7) is 5.72. The fraction of sp³-hybridized carbons (Fsp3) is 0.476. The van der Waals surface area contributed by atoms with Crippen LogP contribution in [0, 0.1) is 5.92 Å². The molecule has 1 aliphatic rings. The average molecular weight is 385 g/mol. The zero-order valence-electron chi connectivity index (χ0n) is 16.7. The Balaban J connectivity index is 1.83. The molecule has 1 saturated heterocycles. The van der Waals surface area contributed by atoms with Crippen LogP contribution in [0.4, 0.5) is 0 Å². The molecule has 1 aliphatic heterocycles. The van der Waals surface area contributed by atoms with Crippen LogP contribution in [0.5, 0.6) is 5.75 Å². The van der Waals surface area contributed by atoms with Gasteiger partial charge in [0.1, 0.15) is 11.4 Å². The predicted octanol–water partition coefficient (Wildman–Crippen LogP) is 2.99. The van der Waals surface area contributed by atoms with E-state index in [-0.39, 0.29) is 17.8 Å². The molecule has 150 valence electrons. The molecule has 1 fully saturated rings. The van der Waals surface area contributed by atoms with Crippen LogP contribution in [-0.2, 0) is 16.1 Å². The minimum Gasteiger partial charge on any atom is -0.497 e. The minimum atomic E-state index is -0.256. The molecule has 0 spiro atoms. The second-order valence-corrected chi connectivity index (χ2v) is 6.80. The predicted molar refractivity (Wildman–Crippen MR) is 105 cm³/mol. The number of hydrogen-bond acceptors (Lipinski definition) is 5. The number of likely N-dealkylation sites (tertiary alicyclic amines) is 1. The number of piperidine rings is 1. The molecular weight excluding hydrogens is 358 g/mol. The summed E-state index contributed by atoms with van der Waals surface area (Å²) in [5.74, 6) is 0.164. The first kappa shape index (κ1) is 19.9. The van der Waals surface area contributed by atoms with Crippen molar-refractivity contribution >= 4 is 11.9 Å². The highest BCUT2D eigenvalue weighted by molar-refractivity contribution is 5.94. The maximum absolute atomic E-state index is 13.2. The van der Waals surface area contributed by atoms with Gasteiger partial charge in [0.05, 0.1) is 25.3 Å². The highest BCUT2D eigenvalue weighted by Gasteiger charge is 2.31. The Morgan fingerprint density at radius 1 is 1.25 bits per heavy atom. The molecule has 7 nitrogen and oxygen atoms in total. The lowest BCUT2D eigenvalue weighted by Gasteiger charge is -2.31. The summed E-state index contributed by atoms with van der Waals surface area (Å²) in [6.07, 6.45) is 1.54. The number of nitrogens with zero attached hydrogens (tertiary/aromatic N) is 3. The van der Waals surface area contributed by atoms with Gasteiger partial charge in [0.2, 0.25) is 0 Å². The van der Waals surface area contributed by atoms with Crippen molar-refractivity contribution in [1.82, 2.24) is 14.7 Å². The Labute approximate surface area is 165 Å². The van der Waals surface area contributed by atoms with Crippen molar-refractivity contribution in [3.63, 3.8) is 0 Å². The largest absolute Gasteiger partial charge is 0.497 e. The number of carbonyl (C=O) groups is 2. The summed E-state index contributed by atoms with van der Waals surface area (Å²) in [5.41, 5.74) is 2.15. The smallest absolute Gasteiger partial charge is 0.310 e. The summed E-state index contributed by atoms with van der Waals surface area (Å²) in [6, 6.07) is 9.42. The summed E-state index contributed by atoms with van der Waals surface area (Å²) in [7, 11) is 1.62. The van der Waals surface area contributed by atoms with Crippen molar-refractivity contribution in [2.24, 2.45) is 5.92 Å².